The van der Waals surface area contributed by atoms with E-state index in [0.717, 1.165) is 11.1 Å². The fourth-order valence-corrected chi connectivity index (χ4v) is 5.65. The van der Waals surface area contributed by atoms with Crippen LogP contribution in [0.1, 0.15) is 41.8 Å². The number of amides is 1. The maximum Gasteiger partial charge on any atom is 0.253 e. The number of anilines is 1. The third-order valence-corrected chi connectivity index (χ3v) is 7.82. The third-order valence-electron chi connectivity index (χ3n) is 5.94. The van der Waals surface area contributed by atoms with Gasteiger partial charge in [-0.2, -0.15) is 4.31 Å². The van der Waals surface area contributed by atoms with Crippen LogP contribution in [0.2, 0.25) is 0 Å². The first-order valence-corrected chi connectivity index (χ1v) is 13.4. The topological polar surface area (TPSA) is 113 Å². The first-order valence-electron chi connectivity index (χ1n) is 12.0. The molecule has 3 aromatic rings. The van der Waals surface area contributed by atoms with E-state index in [1.165, 1.54) is 16.4 Å². The van der Waals surface area contributed by atoms with Gasteiger partial charge < -0.3 is 16.2 Å². The number of sulfonamides is 1. The Kier molecular flexibility index (Phi) is 8.89. The van der Waals surface area contributed by atoms with E-state index < -0.39 is 21.7 Å². The van der Waals surface area contributed by atoms with Gasteiger partial charge in [0.15, 0.2) is 0 Å². The predicted octanol–water partition coefficient (Wildman–Crippen LogP) is 3.98. The van der Waals surface area contributed by atoms with Gasteiger partial charge in [0.2, 0.25) is 10.0 Å². The molecular weight excluding hydrogens is 474 g/mol. The molecule has 0 spiro atoms. The summed E-state index contributed by atoms with van der Waals surface area (Å²) >= 11 is 0. The second-order valence-corrected chi connectivity index (χ2v) is 11.5. The quantitative estimate of drug-likeness (QED) is 0.267. The molecule has 0 fully saturated rings. The molecule has 0 radical (unpaired) electrons. The Morgan fingerprint density at radius 3 is 2.22 bits per heavy atom. The Balaban J connectivity index is 1.89. The van der Waals surface area contributed by atoms with Crippen LogP contribution in [0.3, 0.4) is 0 Å². The SMILES string of the molecule is Cc1ccccc1C(=O)NC(O)(CCN(CC(C)C)S(=O)(=O)c1ccc(N)cc1)Cc1ccccc1. The molecule has 0 aliphatic heterocycles. The monoisotopic (exact) mass is 509 g/mol. The molecule has 0 aliphatic rings. The smallest absolute Gasteiger partial charge is 0.253 e. The molecule has 0 bridgehead atoms. The normalized spacial score (nSPS) is 13.5. The predicted molar refractivity (Wildman–Crippen MR) is 143 cm³/mol. The van der Waals surface area contributed by atoms with Crippen LogP contribution in [0.15, 0.2) is 83.8 Å². The number of carbonyl (C=O) groups is 1. The van der Waals surface area contributed by atoms with E-state index in [1.54, 1.807) is 24.3 Å². The van der Waals surface area contributed by atoms with E-state index in [9.17, 15) is 18.3 Å². The summed E-state index contributed by atoms with van der Waals surface area (Å²) in [5.74, 6) is -0.360. The van der Waals surface area contributed by atoms with Crippen molar-refractivity contribution in [2.75, 3.05) is 18.8 Å². The zero-order valence-corrected chi connectivity index (χ0v) is 21.8. The number of aliphatic hydroxyl groups is 1. The molecule has 3 aromatic carbocycles. The number of nitrogen functional groups attached to an aromatic ring is 1. The Labute approximate surface area is 214 Å². The lowest BCUT2D eigenvalue weighted by Crippen LogP contribution is -2.52. The number of hydrogen-bond acceptors (Lipinski definition) is 5. The van der Waals surface area contributed by atoms with Gasteiger partial charge in [0.1, 0.15) is 5.72 Å². The highest BCUT2D eigenvalue weighted by Gasteiger charge is 2.33. The number of rotatable bonds is 11. The molecular formula is C28H35N3O4S. The summed E-state index contributed by atoms with van der Waals surface area (Å²) in [5, 5.41) is 14.5. The third kappa shape index (κ3) is 7.16. The summed E-state index contributed by atoms with van der Waals surface area (Å²) in [6, 6.07) is 22.5. The van der Waals surface area contributed by atoms with Crippen LogP contribution in [-0.2, 0) is 16.4 Å². The number of nitrogens with two attached hydrogens (primary N) is 1. The second-order valence-electron chi connectivity index (χ2n) is 9.54. The van der Waals surface area contributed by atoms with Crippen molar-refractivity contribution in [3.8, 4) is 0 Å². The summed E-state index contributed by atoms with van der Waals surface area (Å²) in [7, 11) is -3.84. The van der Waals surface area contributed by atoms with Gasteiger partial charge in [-0.1, -0.05) is 62.4 Å². The van der Waals surface area contributed by atoms with Gasteiger partial charge in [-0.3, -0.25) is 4.79 Å². The lowest BCUT2D eigenvalue weighted by Gasteiger charge is -2.33. The molecule has 0 aliphatic carbocycles. The number of aryl methyl sites for hydroxylation is 1. The van der Waals surface area contributed by atoms with Gasteiger partial charge in [0.05, 0.1) is 4.90 Å². The zero-order chi connectivity index (χ0) is 26.3. The van der Waals surface area contributed by atoms with Crippen LogP contribution in [-0.4, -0.2) is 42.6 Å². The van der Waals surface area contributed by atoms with Crippen LogP contribution in [0.25, 0.3) is 0 Å². The average Bonchev–Trinajstić information content (AvgIpc) is 2.82. The van der Waals surface area contributed by atoms with Gasteiger partial charge in [0, 0.05) is 37.2 Å². The van der Waals surface area contributed by atoms with Crippen LogP contribution in [0.5, 0.6) is 0 Å². The average molecular weight is 510 g/mol. The molecule has 3 rings (SSSR count). The van der Waals surface area contributed by atoms with Gasteiger partial charge in [-0.05, 0) is 54.3 Å². The van der Waals surface area contributed by atoms with Gasteiger partial charge >= 0.3 is 0 Å². The Morgan fingerprint density at radius 1 is 1.00 bits per heavy atom. The molecule has 1 amide bonds. The fourth-order valence-electron chi connectivity index (χ4n) is 4.05. The van der Waals surface area contributed by atoms with Gasteiger partial charge in [0.25, 0.3) is 5.91 Å². The minimum atomic E-state index is -3.84. The van der Waals surface area contributed by atoms with Crippen LogP contribution < -0.4 is 11.1 Å². The highest BCUT2D eigenvalue weighted by atomic mass is 32.2. The van der Waals surface area contributed by atoms with Crippen molar-refractivity contribution >= 4 is 21.6 Å². The van der Waals surface area contributed by atoms with E-state index >= 15 is 0 Å². The van der Waals surface area contributed by atoms with E-state index in [4.69, 9.17) is 5.73 Å². The minimum absolute atomic E-state index is 0.000434. The molecule has 192 valence electrons. The largest absolute Gasteiger partial charge is 0.399 e. The van der Waals surface area contributed by atoms with Crippen LogP contribution in [0.4, 0.5) is 5.69 Å². The standard InChI is InChI=1S/C28H35N3O4S/c1-21(2)20-31(36(34,35)25-15-13-24(29)14-16-25)18-17-28(33,19-23-10-5-4-6-11-23)30-27(32)26-12-8-7-9-22(26)3/h4-16,21,33H,17-20,29H2,1-3H3,(H,30,32). The molecule has 0 aromatic heterocycles. The maximum absolute atomic E-state index is 13.5. The molecule has 8 heteroatoms. The van der Waals surface area contributed by atoms with Crippen molar-refractivity contribution in [1.29, 1.82) is 0 Å². The van der Waals surface area contributed by atoms with Crippen molar-refractivity contribution in [3.63, 3.8) is 0 Å². The summed E-state index contributed by atoms with van der Waals surface area (Å²) in [6.45, 7) is 5.97. The number of benzene rings is 3. The molecule has 7 nitrogen and oxygen atoms in total. The van der Waals surface area contributed by atoms with Crippen molar-refractivity contribution in [2.24, 2.45) is 5.92 Å². The molecule has 4 N–H and O–H groups in total. The van der Waals surface area contributed by atoms with Crippen molar-refractivity contribution < 1.29 is 18.3 Å². The maximum atomic E-state index is 13.5. The van der Waals surface area contributed by atoms with Crippen LogP contribution in [0, 0.1) is 12.8 Å². The summed E-state index contributed by atoms with van der Waals surface area (Å²) in [6.07, 6.45) is 0.128. The summed E-state index contributed by atoms with van der Waals surface area (Å²) in [5.41, 5.74) is 6.60. The molecule has 1 unspecified atom stereocenters. The van der Waals surface area contributed by atoms with Crippen LogP contribution >= 0.6 is 0 Å². The van der Waals surface area contributed by atoms with E-state index in [2.05, 4.69) is 5.32 Å². The van der Waals surface area contributed by atoms with Gasteiger partial charge in [-0.15, -0.1) is 0 Å². The highest BCUT2D eigenvalue weighted by molar-refractivity contribution is 7.89. The number of nitrogens with zero attached hydrogens (tertiary/aromatic N) is 1. The lowest BCUT2D eigenvalue weighted by atomic mass is 9.98. The molecule has 0 heterocycles. The first-order chi connectivity index (χ1) is 17.0. The molecule has 36 heavy (non-hydrogen) atoms. The first kappa shape index (κ1) is 27.4. The molecule has 0 saturated carbocycles. The summed E-state index contributed by atoms with van der Waals surface area (Å²) in [4.78, 5) is 13.3. The van der Waals surface area contributed by atoms with Crippen molar-refractivity contribution in [3.05, 3.63) is 95.6 Å². The zero-order valence-electron chi connectivity index (χ0n) is 21.0. The second kappa shape index (κ2) is 11.7. The molecule has 1 atom stereocenters. The van der Waals surface area contributed by atoms with Gasteiger partial charge in [-0.25, -0.2) is 8.42 Å². The molecule has 0 saturated heterocycles. The number of carbonyl (C=O) groups excluding carboxylic acids is 1. The van der Waals surface area contributed by atoms with Crippen molar-refractivity contribution in [2.45, 2.75) is 44.2 Å². The fraction of sp³-hybridized carbons (Fsp3) is 0.321. The van der Waals surface area contributed by atoms with E-state index in [-0.39, 0.29) is 36.7 Å². The Morgan fingerprint density at radius 2 is 1.61 bits per heavy atom. The van der Waals surface area contributed by atoms with E-state index in [0.29, 0.717) is 11.3 Å². The highest BCUT2D eigenvalue weighted by Crippen LogP contribution is 2.23. The lowest BCUT2D eigenvalue weighted by molar-refractivity contribution is -0.00269. The van der Waals surface area contributed by atoms with Crippen molar-refractivity contribution in [1.82, 2.24) is 9.62 Å². The van der Waals surface area contributed by atoms with E-state index in [1.807, 2.05) is 63.2 Å². The Bertz CT molecular complexity index is 1260. The number of hydrogen-bond donors (Lipinski definition) is 3. The minimum Gasteiger partial charge on any atom is -0.399 e. The number of nitrogens with one attached hydrogen (secondary N) is 1. The summed E-state index contributed by atoms with van der Waals surface area (Å²) < 4.78 is 28.3. The Hall–Kier alpha value is -3.20.